The second-order valence-corrected chi connectivity index (χ2v) is 4.09. The summed E-state index contributed by atoms with van der Waals surface area (Å²) in [5.74, 6) is 0. The summed E-state index contributed by atoms with van der Waals surface area (Å²) in [7, 11) is 1.79. The predicted octanol–water partition coefficient (Wildman–Crippen LogP) is 1.05. The molecule has 1 aliphatic carbocycles. The van der Waals surface area contributed by atoms with Crippen LogP contribution in [0.3, 0.4) is 0 Å². The van der Waals surface area contributed by atoms with Crippen molar-refractivity contribution in [1.82, 2.24) is 5.32 Å². The van der Waals surface area contributed by atoms with E-state index in [2.05, 4.69) is 11.9 Å². The smallest absolute Gasteiger partial charge is 0.0572 e. The van der Waals surface area contributed by atoms with Gasteiger partial charge in [0, 0.05) is 25.7 Å². The first-order valence-electron chi connectivity index (χ1n) is 5.35. The van der Waals surface area contributed by atoms with Crippen molar-refractivity contribution >= 4 is 0 Å². The number of nitrogens with two attached hydrogens (primary N) is 1. The minimum absolute atomic E-state index is 0.128. The summed E-state index contributed by atoms with van der Waals surface area (Å²) in [5.41, 5.74) is 5.96. The maximum Gasteiger partial charge on any atom is 0.0572 e. The number of hydrogen-bond acceptors (Lipinski definition) is 3. The van der Waals surface area contributed by atoms with Crippen LogP contribution < -0.4 is 11.1 Å². The van der Waals surface area contributed by atoms with E-state index in [1.54, 1.807) is 7.11 Å². The van der Waals surface area contributed by atoms with Crippen molar-refractivity contribution in [2.45, 2.75) is 37.3 Å². The van der Waals surface area contributed by atoms with Gasteiger partial charge in [-0.2, -0.15) is 0 Å². The minimum atomic E-state index is 0.128. The molecule has 0 radical (unpaired) electrons. The molecule has 1 fully saturated rings. The molecule has 1 rings (SSSR count). The second kappa shape index (κ2) is 5.49. The molecule has 3 heteroatoms. The van der Waals surface area contributed by atoms with E-state index in [9.17, 15) is 0 Å². The fourth-order valence-corrected chi connectivity index (χ4v) is 2.12. The van der Waals surface area contributed by atoms with Crippen molar-refractivity contribution in [3.8, 4) is 0 Å². The molecule has 0 spiro atoms. The van der Waals surface area contributed by atoms with Crippen LogP contribution in [0.5, 0.6) is 0 Å². The molecule has 0 aromatic carbocycles. The Morgan fingerprint density at radius 3 is 2.64 bits per heavy atom. The van der Waals surface area contributed by atoms with Crippen molar-refractivity contribution in [3.05, 3.63) is 12.7 Å². The lowest BCUT2D eigenvalue weighted by Crippen LogP contribution is -2.54. The number of rotatable bonds is 5. The summed E-state index contributed by atoms with van der Waals surface area (Å²) >= 11 is 0. The van der Waals surface area contributed by atoms with Gasteiger partial charge in [-0.3, -0.25) is 0 Å². The number of methoxy groups -OCH3 is 1. The van der Waals surface area contributed by atoms with Crippen LogP contribution in [-0.4, -0.2) is 31.8 Å². The predicted molar refractivity (Wildman–Crippen MR) is 59.3 cm³/mol. The van der Waals surface area contributed by atoms with Crippen LogP contribution >= 0.6 is 0 Å². The van der Waals surface area contributed by atoms with Crippen LogP contribution in [0.25, 0.3) is 0 Å². The molecule has 0 amide bonds. The van der Waals surface area contributed by atoms with Crippen LogP contribution in [0.2, 0.25) is 0 Å². The van der Waals surface area contributed by atoms with Gasteiger partial charge in [-0.25, -0.2) is 0 Å². The Balaban J connectivity index is 2.43. The van der Waals surface area contributed by atoms with Gasteiger partial charge in [-0.15, -0.1) is 6.58 Å². The Kier molecular flexibility index (Phi) is 4.58. The normalized spacial score (nSPS) is 32.9. The van der Waals surface area contributed by atoms with E-state index >= 15 is 0 Å². The van der Waals surface area contributed by atoms with Gasteiger partial charge >= 0.3 is 0 Å². The van der Waals surface area contributed by atoms with E-state index in [1.165, 1.54) is 0 Å². The summed E-state index contributed by atoms with van der Waals surface area (Å²) in [4.78, 5) is 0. The average molecular weight is 198 g/mol. The first kappa shape index (κ1) is 11.7. The Labute approximate surface area is 86.7 Å². The molecule has 1 aliphatic rings. The second-order valence-electron chi connectivity index (χ2n) is 4.09. The van der Waals surface area contributed by atoms with Crippen LogP contribution in [0.4, 0.5) is 0 Å². The van der Waals surface area contributed by atoms with Gasteiger partial charge in [-0.05, 0) is 25.7 Å². The van der Waals surface area contributed by atoms with Gasteiger partial charge in [-0.1, -0.05) is 6.08 Å². The molecule has 82 valence electrons. The van der Waals surface area contributed by atoms with Crippen LogP contribution in [-0.2, 0) is 4.74 Å². The zero-order valence-electron chi connectivity index (χ0n) is 9.09. The number of hydrogen-bond donors (Lipinski definition) is 2. The lowest BCUT2D eigenvalue weighted by atomic mass is 9.80. The Morgan fingerprint density at radius 1 is 1.57 bits per heavy atom. The zero-order valence-corrected chi connectivity index (χ0v) is 9.09. The van der Waals surface area contributed by atoms with E-state index in [4.69, 9.17) is 10.5 Å². The first-order chi connectivity index (χ1) is 6.76. The molecule has 0 aromatic heterocycles. The molecule has 0 bridgehead atoms. The zero-order chi connectivity index (χ0) is 10.4. The van der Waals surface area contributed by atoms with Gasteiger partial charge in [0.25, 0.3) is 0 Å². The molecule has 3 nitrogen and oxygen atoms in total. The molecule has 3 N–H and O–H groups in total. The SMILES string of the molecule is C=CCNC1(CN)CCC(OC)CC1. The van der Waals surface area contributed by atoms with Crippen LogP contribution in [0, 0.1) is 0 Å². The van der Waals surface area contributed by atoms with E-state index in [0.29, 0.717) is 12.6 Å². The van der Waals surface area contributed by atoms with Crippen LogP contribution in [0.15, 0.2) is 12.7 Å². The Bertz CT molecular complexity index is 174. The van der Waals surface area contributed by atoms with Gasteiger partial charge in [0.05, 0.1) is 6.10 Å². The highest BCUT2D eigenvalue weighted by atomic mass is 16.5. The fraction of sp³-hybridized carbons (Fsp3) is 0.818. The van der Waals surface area contributed by atoms with E-state index in [1.807, 2.05) is 6.08 Å². The third kappa shape index (κ3) is 2.80. The first-order valence-corrected chi connectivity index (χ1v) is 5.35. The summed E-state index contributed by atoms with van der Waals surface area (Å²) in [6.07, 6.45) is 6.75. The molecule has 1 saturated carbocycles. The standard InChI is InChI=1S/C11H22N2O/c1-3-8-13-11(9-12)6-4-10(14-2)5-7-11/h3,10,13H,1,4-9,12H2,2H3. The molecule has 0 atom stereocenters. The quantitative estimate of drug-likeness (QED) is 0.649. The summed E-state index contributed by atoms with van der Waals surface area (Å²) in [5, 5.41) is 3.48. The Hall–Kier alpha value is -0.380. The average Bonchev–Trinajstić information content (AvgIpc) is 2.27. The summed E-state index contributed by atoms with van der Waals surface area (Å²) in [6, 6.07) is 0. The third-order valence-electron chi connectivity index (χ3n) is 3.24. The lowest BCUT2D eigenvalue weighted by Gasteiger charge is -2.39. The minimum Gasteiger partial charge on any atom is -0.381 e. The molecule has 0 aliphatic heterocycles. The van der Waals surface area contributed by atoms with Crippen LogP contribution in [0.1, 0.15) is 25.7 Å². The highest BCUT2D eigenvalue weighted by Crippen LogP contribution is 2.28. The third-order valence-corrected chi connectivity index (χ3v) is 3.24. The monoisotopic (exact) mass is 198 g/mol. The fourth-order valence-electron chi connectivity index (χ4n) is 2.12. The topological polar surface area (TPSA) is 47.3 Å². The van der Waals surface area contributed by atoms with E-state index in [0.717, 1.165) is 32.2 Å². The molecule has 0 unspecified atom stereocenters. The van der Waals surface area contributed by atoms with Crippen molar-refractivity contribution in [1.29, 1.82) is 0 Å². The molecular weight excluding hydrogens is 176 g/mol. The van der Waals surface area contributed by atoms with Gasteiger partial charge in [0.1, 0.15) is 0 Å². The molecular formula is C11H22N2O. The van der Waals surface area contributed by atoms with Crippen molar-refractivity contribution in [2.75, 3.05) is 20.2 Å². The number of nitrogens with one attached hydrogen (secondary N) is 1. The highest BCUT2D eigenvalue weighted by Gasteiger charge is 2.33. The van der Waals surface area contributed by atoms with E-state index < -0.39 is 0 Å². The highest BCUT2D eigenvalue weighted by molar-refractivity contribution is 4.95. The number of ether oxygens (including phenoxy) is 1. The van der Waals surface area contributed by atoms with Crippen molar-refractivity contribution < 1.29 is 4.74 Å². The largest absolute Gasteiger partial charge is 0.381 e. The molecule has 0 aromatic rings. The van der Waals surface area contributed by atoms with Crippen molar-refractivity contribution in [2.24, 2.45) is 5.73 Å². The molecule has 0 heterocycles. The summed E-state index contributed by atoms with van der Waals surface area (Å²) < 4.78 is 5.34. The van der Waals surface area contributed by atoms with Gasteiger partial charge in [0.2, 0.25) is 0 Å². The van der Waals surface area contributed by atoms with Gasteiger partial charge < -0.3 is 15.8 Å². The van der Waals surface area contributed by atoms with Crippen molar-refractivity contribution in [3.63, 3.8) is 0 Å². The molecule has 14 heavy (non-hydrogen) atoms. The Morgan fingerprint density at radius 2 is 2.21 bits per heavy atom. The maximum absolute atomic E-state index is 5.83. The van der Waals surface area contributed by atoms with Gasteiger partial charge in [0.15, 0.2) is 0 Å². The maximum atomic E-state index is 5.83. The summed E-state index contributed by atoms with van der Waals surface area (Å²) in [6.45, 7) is 5.26. The molecule has 0 saturated heterocycles. The van der Waals surface area contributed by atoms with E-state index in [-0.39, 0.29) is 5.54 Å². The lowest BCUT2D eigenvalue weighted by molar-refractivity contribution is 0.0440.